The van der Waals surface area contributed by atoms with Crippen LogP contribution in [0.4, 0.5) is 11.4 Å². The molecule has 0 spiro atoms. The minimum Gasteiger partial charge on any atom is -0.396 e. The Morgan fingerprint density at radius 1 is 1.00 bits per heavy atom. The van der Waals surface area contributed by atoms with E-state index in [0.717, 1.165) is 30.4 Å². The predicted octanol–water partition coefficient (Wildman–Crippen LogP) is 3.92. The van der Waals surface area contributed by atoms with Gasteiger partial charge < -0.3 is 10.0 Å². The molecule has 0 aromatic heterocycles. The number of nitrogens with one attached hydrogen (secondary N) is 1. The van der Waals surface area contributed by atoms with E-state index in [-0.39, 0.29) is 24.0 Å². The molecular formula is C28H29N3O5. The molecule has 1 heterocycles. The van der Waals surface area contributed by atoms with Gasteiger partial charge in [-0.1, -0.05) is 29.8 Å². The first-order valence-corrected chi connectivity index (χ1v) is 11.8. The highest BCUT2D eigenvalue weighted by atomic mass is 16.5. The standard InChI is InChI=1S/C28H29N3O5/c1-19-4-10-25(11-5-19)31(18-33)26-14-23(21-6-8-22(9-7-21)27(34)29-36)13-24(15-26)28(35)30-12-2-3-20(16-30)17-32/h4-11,13-15,18,20,32,36H,2-3,12,16-17H2,1H3,(H,29,34)/t20-/m0/s1. The second kappa shape index (κ2) is 11.2. The Bertz CT molecular complexity index is 1240. The summed E-state index contributed by atoms with van der Waals surface area (Å²) in [5.41, 5.74) is 6.01. The summed E-state index contributed by atoms with van der Waals surface area (Å²) in [6.07, 6.45) is 2.42. The molecule has 0 radical (unpaired) electrons. The summed E-state index contributed by atoms with van der Waals surface area (Å²) in [6, 6.07) is 19.4. The van der Waals surface area contributed by atoms with Crippen LogP contribution >= 0.6 is 0 Å². The quantitative estimate of drug-likeness (QED) is 0.266. The van der Waals surface area contributed by atoms with E-state index in [4.69, 9.17) is 5.21 Å². The van der Waals surface area contributed by atoms with Crippen LogP contribution < -0.4 is 10.4 Å². The lowest BCUT2D eigenvalue weighted by atomic mass is 9.96. The highest BCUT2D eigenvalue weighted by Gasteiger charge is 2.25. The zero-order valence-corrected chi connectivity index (χ0v) is 20.1. The zero-order valence-electron chi connectivity index (χ0n) is 20.1. The molecule has 36 heavy (non-hydrogen) atoms. The Labute approximate surface area is 209 Å². The molecule has 4 rings (SSSR count). The lowest BCUT2D eigenvalue weighted by molar-refractivity contribution is -0.106. The van der Waals surface area contributed by atoms with Crippen molar-refractivity contribution < 1.29 is 24.7 Å². The average molecular weight is 488 g/mol. The molecule has 186 valence electrons. The summed E-state index contributed by atoms with van der Waals surface area (Å²) < 4.78 is 0. The van der Waals surface area contributed by atoms with Gasteiger partial charge in [-0.15, -0.1) is 0 Å². The maximum absolute atomic E-state index is 13.5. The SMILES string of the molecule is Cc1ccc(N(C=O)c2cc(C(=O)N3CCC[C@H](CO)C3)cc(-c3ccc(C(=O)NO)cc3)c2)cc1. The molecule has 8 heteroatoms. The zero-order chi connectivity index (χ0) is 25.7. The Morgan fingerprint density at radius 3 is 2.36 bits per heavy atom. The molecule has 0 bridgehead atoms. The Morgan fingerprint density at radius 2 is 1.72 bits per heavy atom. The molecule has 1 atom stereocenters. The summed E-state index contributed by atoms with van der Waals surface area (Å²) in [6.45, 7) is 3.09. The monoisotopic (exact) mass is 487 g/mol. The van der Waals surface area contributed by atoms with Crippen molar-refractivity contribution in [2.75, 3.05) is 24.6 Å². The summed E-state index contributed by atoms with van der Waals surface area (Å²) in [5.74, 6) is -0.738. The van der Waals surface area contributed by atoms with Gasteiger partial charge in [0.1, 0.15) is 0 Å². The van der Waals surface area contributed by atoms with Crippen LogP contribution in [0, 0.1) is 12.8 Å². The molecule has 0 unspecified atom stereocenters. The minimum atomic E-state index is -0.624. The molecule has 1 aliphatic heterocycles. The molecule has 3 N–H and O–H groups in total. The second-order valence-electron chi connectivity index (χ2n) is 9.04. The molecule has 0 aliphatic carbocycles. The van der Waals surface area contributed by atoms with Crippen LogP contribution in [0.3, 0.4) is 0 Å². The Hall–Kier alpha value is -4.01. The van der Waals surface area contributed by atoms with Gasteiger partial charge in [-0.05, 0) is 79.3 Å². The van der Waals surface area contributed by atoms with Crippen molar-refractivity contribution in [3.8, 4) is 11.1 Å². The number of rotatable bonds is 7. The average Bonchev–Trinajstić information content (AvgIpc) is 2.93. The van der Waals surface area contributed by atoms with E-state index in [0.29, 0.717) is 35.6 Å². The van der Waals surface area contributed by atoms with E-state index in [2.05, 4.69) is 0 Å². The number of hydroxylamine groups is 1. The van der Waals surface area contributed by atoms with Crippen LogP contribution in [0.25, 0.3) is 11.1 Å². The normalized spacial score (nSPS) is 15.3. The van der Waals surface area contributed by atoms with E-state index in [1.807, 2.05) is 37.3 Å². The van der Waals surface area contributed by atoms with Crippen LogP contribution in [-0.4, -0.2) is 53.1 Å². The Kier molecular flexibility index (Phi) is 7.77. The minimum absolute atomic E-state index is 0.0369. The largest absolute Gasteiger partial charge is 0.396 e. The number of likely N-dealkylation sites (tertiary alicyclic amines) is 1. The van der Waals surface area contributed by atoms with Crippen LogP contribution in [0.5, 0.6) is 0 Å². The molecule has 3 aromatic carbocycles. The van der Waals surface area contributed by atoms with Crippen molar-refractivity contribution in [1.29, 1.82) is 0 Å². The first kappa shape index (κ1) is 25.1. The number of carbonyl (C=O) groups is 3. The number of hydrogen-bond acceptors (Lipinski definition) is 5. The number of piperidine rings is 1. The van der Waals surface area contributed by atoms with Gasteiger partial charge in [0, 0.05) is 36.5 Å². The number of aryl methyl sites for hydroxylation is 1. The third kappa shape index (κ3) is 5.45. The second-order valence-corrected chi connectivity index (χ2v) is 9.04. The van der Waals surface area contributed by atoms with Gasteiger partial charge in [-0.25, -0.2) is 5.48 Å². The number of anilines is 2. The molecule has 1 fully saturated rings. The number of aliphatic hydroxyl groups excluding tert-OH is 1. The molecule has 1 saturated heterocycles. The summed E-state index contributed by atoms with van der Waals surface area (Å²) in [4.78, 5) is 40.7. The number of nitrogens with zero attached hydrogens (tertiary/aromatic N) is 2. The Balaban J connectivity index is 1.77. The molecule has 3 amide bonds. The van der Waals surface area contributed by atoms with Crippen LogP contribution in [0.2, 0.25) is 0 Å². The number of benzene rings is 3. The van der Waals surface area contributed by atoms with Gasteiger partial charge in [0.2, 0.25) is 6.41 Å². The van der Waals surface area contributed by atoms with Gasteiger partial charge in [-0.3, -0.25) is 24.5 Å². The van der Waals surface area contributed by atoms with Crippen molar-refractivity contribution in [2.45, 2.75) is 19.8 Å². The fourth-order valence-corrected chi connectivity index (χ4v) is 4.48. The molecular weight excluding hydrogens is 458 g/mol. The fraction of sp³-hybridized carbons (Fsp3) is 0.250. The summed E-state index contributed by atoms with van der Waals surface area (Å²) in [7, 11) is 0. The molecule has 3 aromatic rings. The maximum atomic E-state index is 13.5. The highest BCUT2D eigenvalue weighted by molar-refractivity contribution is 5.99. The highest BCUT2D eigenvalue weighted by Crippen LogP contribution is 2.32. The number of hydrogen-bond donors (Lipinski definition) is 3. The van der Waals surface area contributed by atoms with Crippen LogP contribution in [0.15, 0.2) is 66.7 Å². The topological polar surface area (TPSA) is 110 Å². The van der Waals surface area contributed by atoms with Gasteiger partial charge >= 0.3 is 0 Å². The number of aliphatic hydroxyl groups is 1. The van der Waals surface area contributed by atoms with E-state index >= 15 is 0 Å². The van der Waals surface area contributed by atoms with E-state index in [9.17, 15) is 19.5 Å². The molecule has 1 aliphatic rings. The van der Waals surface area contributed by atoms with E-state index in [1.54, 1.807) is 46.8 Å². The van der Waals surface area contributed by atoms with Crippen molar-refractivity contribution >= 4 is 29.6 Å². The number of amides is 3. The van der Waals surface area contributed by atoms with E-state index in [1.165, 1.54) is 4.90 Å². The first-order valence-electron chi connectivity index (χ1n) is 11.8. The summed E-state index contributed by atoms with van der Waals surface area (Å²) >= 11 is 0. The van der Waals surface area contributed by atoms with Gasteiger partial charge in [-0.2, -0.15) is 0 Å². The third-order valence-electron chi connectivity index (χ3n) is 6.51. The lowest BCUT2D eigenvalue weighted by Crippen LogP contribution is -2.41. The van der Waals surface area contributed by atoms with E-state index < -0.39 is 5.91 Å². The first-order chi connectivity index (χ1) is 17.4. The van der Waals surface area contributed by atoms with Gasteiger partial charge in [0.05, 0.1) is 5.69 Å². The van der Waals surface area contributed by atoms with Crippen molar-refractivity contribution in [2.24, 2.45) is 5.92 Å². The maximum Gasteiger partial charge on any atom is 0.274 e. The lowest BCUT2D eigenvalue weighted by Gasteiger charge is -2.32. The van der Waals surface area contributed by atoms with Crippen molar-refractivity contribution in [1.82, 2.24) is 10.4 Å². The number of carbonyl (C=O) groups excluding carboxylic acids is 3. The third-order valence-corrected chi connectivity index (χ3v) is 6.51. The predicted molar refractivity (Wildman–Crippen MR) is 136 cm³/mol. The van der Waals surface area contributed by atoms with Crippen LogP contribution in [0.1, 0.15) is 39.1 Å². The molecule has 8 nitrogen and oxygen atoms in total. The van der Waals surface area contributed by atoms with Crippen LogP contribution in [-0.2, 0) is 4.79 Å². The summed E-state index contributed by atoms with van der Waals surface area (Å²) in [5, 5.41) is 18.5. The van der Waals surface area contributed by atoms with Gasteiger partial charge in [0.25, 0.3) is 11.8 Å². The van der Waals surface area contributed by atoms with Crippen molar-refractivity contribution in [3.63, 3.8) is 0 Å². The fourth-order valence-electron chi connectivity index (χ4n) is 4.48. The van der Waals surface area contributed by atoms with Gasteiger partial charge in [0.15, 0.2) is 0 Å². The molecule has 0 saturated carbocycles. The van der Waals surface area contributed by atoms with Crippen molar-refractivity contribution in [3.05, 3.63) is 83.4 Å². The smallest absolute Gasteiger partial charge is 0.274 e.